The van der Waals surface area contributed by atoms with E-state index in [-0.39, 0.29) is 11.6 Å². The molecule has 0 aliphatic rings. The molecule has 132 valence electrons. The maximum Gasteiger partial charge on any atom is 0.0574 e. The number of aliphatic hydroxyl groups excluding tert-OH is 1. The van der Waals surface area contributed by atoms with Crippen LogP contribution >= 0.6 is 0 Å². The number of unbranched alkanes of at least 4 members (excludes halogenated alkanes) is 8. The topological polar surface area (TPSA) is 46.2 Å². The van der Waals surface area contributed by atoms with Gasteiger partial charge in [0.15, 0.2) is 0 Å². The molecule has 0 rings (SSSR count). The minimum Gasteiger partial charge on any atom is -0.393 e. The van der Waals surface area contributed by atoms with E-state index >= 15 is 0 Å². The van der Waals surface area contributed by atoms with Gasteiger partial charge in [0.2, 0.25) is 0 Å². The Bertz CT molecular complexity index is 255. The summed E-state index contributed by atoms with van der Waals surface area (Å²) in [6, 6.07) is 0. The molecule has 0 spiro atoms. The summed E-state index contributed by atoms with van der Waals surface area (Å²) in [7, 11) is 0. The molecular weight excluding hydrogens is 270 g/mol. The van der Waals surface area contributed by atoms with Crippen LogP contribution in [0.2, 0.25) is 0 Å². The average molecular weight is 312 g/mol. The van der Waals surface area contributed by atoms with Crippen LogP contribution in [0.5, 0.6) is 0 Å². The first-order valence-corrected chi connectivity index (χ1v) is 9.57. The summed E-state index contributed by atoms with van der Waals surface area (Å²) < 4.78 is 0. The second-order valence-electron chi connectivity index (χ2n) is 7.51. The fourth-order valence-electron chi connectivity index (χ4n) is 2.67. The van der Waals surface area contributed by atoms with Gasteiger partial charge in [-0.15, -0.1) is 0 Å². The molecule has 2 nitrogen and oxygen atoms in total. The molecular formula is C20H41NO. The van der Waals surface area contributed by atoms with E-state index in [0.717, 1.165) is 25.7 Å². The van der Waals surface area contributed by atoms with Gasteiger partial charge in [-0.1, -0.05) is 70.4 Å². The minimum absolute atomic E-state index is 0.000112. The number of hydrogen-bond donors (Lipinski definition) is 2. The first-order chi connectivity index (χ1) is 10.5. The van der Waals surface area contributed by atoms with Crippen molar-refractivity contribution in [1.29, 1.82) is 0 Å². The van der Waals surface area contributed by atoms with Crippen LogP contribution in [0, 0.1) is 0 Å². The van der Waals surface area contributed by atoms with Crippen LogP contribution in [0.4, 0.5) is 0 Å². The number of aliphatic hydroxyl groups is 1. The quantitative estimate of drug-likeness (QED) is 0.299. The van der Waals surface area contributed by atoms with E-state index < -0.39 is 0 Å². The summed E-state index contributed by atoms with van der Waals surface area (Å²) in [5, 5.41) is 9.85. The van der Waals surface area contributed by atoms with Gasteiger partial charge in [-0.25, -0.2) is 0 Å². The van der Waals surface area contributed by atoms with Crippen molar-refractivity contribution in [3.63, 3.8) is 0 Å². The average Bonchev–Trinajstić information content (AvgIpc) is 2.44. The summed E-state index contributed by atoms with van der Waals surface area (Å²) in [4.78, 5) is 0. The highest BCUT2D eigenvalue weighted by Gasteiger charge is 2.08. The van der Waals surface area contributed by atoms with Crippen LogP contribution in [0.15, 0.2) is 12.2 Å². The van der Waals surface area contributed by atoms with Crippen molar-refractivity contribution in [3.05, 3.63) is 12.2 Å². The molecule has 22 heavy (non-hydrogen) atoms. The highest BCUT2D eigenvalue weighted by molar-refractivity contribution is 4.84. The summed E-state index contributed by atoms with van der Waals surface area (Å²) in [5.41, 5.74) is 5.97. The molecule has 1 atom stereocenters. The van der Waals surface area contributed by atoms with Crippen molar-refractivity contribution >= 4 is 0 Å². The Labute approximate surface area is 139 Å². The van der Waals surface area contributed by atoms with Gasteiger partial charge in [0.25, 0.3) is 0 Å². The molecule has 3 N–H and O–H groups in total. The van der Waals surface area contributed by atoms with E-state index in [4.69, 9.17) is 5.73 Å². The summed E-state index contributed by atoms with van der Waals surface area (Å²) in [6.45, 7) is 6.43. The number of nitrogens with two attached hydrogens (primary N) is 1. The van der Waals surface area contributed by atoms with Crippen molar-refractivity contribution in [2.75, 3.05) is 0 Å². The lowest BCUT2D eigenvalue weighted by Gasteiger charge is -2.17. The standard InChI is InChI=1S/C20H41NO/c1-4-5-6-13-16-19(22)17-14-11-9-7-8-10-12-15-18-20(2,3)21/h11,14,19,22H,4-10,12-13,15-18,21H2,1-3H3/b14-11-/t19-/m1/s1. The van der Waals surface area contributed by atoms with Crippen LogP contribution in [0.25, 0.3) is 0 Å². The van der Waals surface area contributed by atoms with Crippen molar-refractivity contribution in [2.24, 2.45) is 5.73 Å². The van der Waals surface area contributed by atoms with Crippen molar-refractivity contribution < 1.29 is 5.11 Å². The fourth-order valence-corrected chi connectivity index (χ4v) is 2.67. The molecule has 0 saturated heterocycles. The van der Waals surface area contributed by atoms with Crippen molar-refractivity contribution in [1.82, 2.24) is 0 Å². The third kappa shape index (κ3) is 17.7. The minimum atomic E-state index is -0.132. The lowest BCUT2D eigenvalue weighted by atomic mass is 9.97. The zero-order chi connectivity index (χ0) is 16.7. The highest BCUT2D eigenvalue weighted by atomic mass is 16.3. The molecule has 0 aromatic heterocycles. The van der Waals surface area contributed by atoms with Crippen molar-refractivity contribution in [3.8, 4) is 0 Å². The molecule has 0 aliphatic carbocycles. The van der Waals surface area contributed by atoms with Crippen LogP contribution in [0.1, 0.15) is 104 Å². The normalized spacial score (nSPS) is 13.9. The first kappa shape index (κ1) is 21.7. The third-order valence-electron chi connectivity index (χ3n) is 4.16. The Morgan fingerprint density at radius 1 is 0.909 bits per heavy atom. The van der Waals surface area contributed by atoms with Crippen LogP contribution in [-0.2, 0) is 0 Å². The van der Waals surface area contributed by atoms with E-state index in [1.54, 1.807) is 0 Å². The molecule has 0 radical (unpaired) electrons. The predicted octanol–water partition coefficient (Wildman–Crippen LogP) is 5.73. The van der Waals surface area contributed by atoms with E-state index in [1.165, 1.54) is 57.8 Å². The van der Waals surface area contributed by atoms with E-state index in [0.29, 0.717) is 0 Å². The fraction of sp³-hybridized carbons (Fsp3) is 0.900. The van der Waals surface area contributed by atoms with Gasteiger partial charge >= 0.3 is 0 Å². The van der Waals surface area contributed by atoms with Crippen molar-refractivity contribution in [2.45, 2.75) is 116 Å². The maximum absolute atomic E-state index is 9.85. The highest BCUT2D eigenvalue weighted by Crippen LogP contribution is 2.13. The summed E-state index contributed by atoms with van der Waals surface area (Å²) >= 11 is 0. The van der Waals surface area contributed by atoms with Gasteiger partial charge in [0.1, 0.15) is 0 Å². The van der Waals surface area contributed by atoms with E-state index in [2.05, 4.69) is 32.9 Å². The molecule has 0 fully saturated rings. The van der Waals surface area contributed by atoms with Gasteiger partial charge in [0, 0.05) is 5.54 Å². The van der Waals surface area contributed by atoms with Gasteiger partial charge < -0.3 is 10.8 Å². The van der Waals surface area contributed by atoms with Crippen LogP contribution < -0.4 is 5.73 Å². The first-order valence-electron chi connectivity index (χ1n) is 9.57. The number of hydrogen-bond acceptors (Lipinski definition) is 2. The third-order valence-corrected chi connectivity index (χ3v) is 4.16. The zero-order valence-corrected chi connectivity index (χ0v) is 15.4. The molecule has 0 unspecified atom stereocenters. The van der Waals surface area contributed by atoms with Gasteiger partial charge in [-0.3, -0.25) is 0 Å². The summed E-state index contributed by atoms with van der Waals surface area (Å²) in [6.07, 6.45) is 19.8. The van der Waals surface area contributed by atoms with Crippen LogP contribution in [0.3, 0.4) is 0 Å². The van der Waals surface area contributed by atoms with Gasteiger partial charge in [-0.05, 0) is 46.0 Å². The Kier molecular flexibility index (Phi) is 14.0. The molecule has 0 aromatic rings. The largest absolute Gasteiger partial charge is 0.393 e. The number of rotatable bonds is 15. The lowest BCUT2D eigenvalue weighted by Crippen LogP contribution is -2.31. The number of allylic oxidation sites excluding steroid dienone is 1. The monoisotopic (exact) mass is 311 g/mol. The molecule has 0 aliphatic heterocycles. The van der Waals surface area contributed by atoms with E-state index in [1.807, 2.05) is 0 Å². The molecule has 0 aromatic carbocycles. The molecule has 0 heterocycles. The predicted molar refractivity (Wildman–Crippen MR) is 99.1 cm³/mol. The second kappa shape index (κ2) is 14.3. The summed E-state index contributed by atoms with van der Waals surface area (Å²) in [5.74, 6) is 0. The lowest BCUT2D eigenvalue weighted by molar-refractivity contribution is 0.163. The van der Waals surface area contributed by atoms with E-state index in [9.17, 15) is 5.11 Å². The molecule has 0 bridgehead atoms. The van der Waals surface area contributed by atoms with Crippen LogP contribution in [-0.4, -0.2) is 16.7 Å². The molecule has 0 saturated carbocycles. The zero-order valence-electron chi connectivity index (χ0n) is 15.4. The molecule has 2 heteroatoms. The Hall–Kier alpha value is -0.340. The van der Waals surface area contributed by atoms with Gasteiger partial charge in [0.05, 0.1) is 6.10 Å². The Balaban J connectivity index is 3.30. The smallest absolute Gasteiger partial charge is 0.0574 e. The second-order valence-corrected chi connectivity index (χ2v) is 7.51. The maximum atomic E-state index is 9.85. The molecule has 0 amide bonds. The SMILES string of the molecule is CCCCCC[C@@H](O)C/C=C\CCCCCCCC(C)(C)N. The Morgan fingerprint density at radius 2 is 1.55 bits per heavy atom. The van der Waals surface area contributed by atoms with Gasteiger partial charge in [-0.2, -0.15) is 0 Å². The Morgan fingerprint density at radius 3 is 2.23 bits per heavy atom.